The molecule has 2 heterocycles. The molecular weight excluding hydrogens is 408 g/mol. The Morgan fingerprint density at radius 1 is 1.00 bits per heavy atom. The maximum absolute atomic E-state index is 10.2. The highest BCUT2D eigenvalue weighted by Gasteiger charge is 2.48. The molecular formula is C26H42O6. The van der Waals surface area contributed by atoms with Crippen LogP contribution in [0.5, 0.6) is 0 Å². The second-order valence-corrected chi connectivity index (χ2v) is 10.8. The summed E-state index contributed by atoms with van der Waals surface area (Å²) in [5.74, 6) is 2.91. The van der Waals surface area contributed by atoms with Gasteiger partial charge in [-0.1, -0.05) is 50.0 Å². The third-order valence-corrected chi connectivity index (χ3v) is 8.46. The minimum Gasteiger partial charge on any atom is -0.387 e. The predicted molar refractivity (Wildman–Crippen MR) is 122 cm³/mol. The monoisotopic (exact) mass is 450 g/mol. The topological polar surface area (TPSA) is 88.4 Å². The van der Waals surface area contributed by atoms with Crippen LogP contribution < -0.4 is 0 Å². The molecule has 3 N–H and O–H groups in total. The third kappa shape index (κ3) is 5.01. The molecule has 0 aromatic heterocycles. The van der Waals surface area contributed by atoms with Crippen LogP contribution in [0.15, 0.2) is 23.3 Å². The fourth-order valence-electron chi connectivity index (χ4n) is 6.24. The zero-order valence-corrected chi connectivity index (χ0v) is 20.0. The molecule has 0 aromatic carbocycles. The van der Waals surface area contributed by atoms with Gasteiger partial charge < -0.3 is 29.5 Å². The minimum absolute atomic E-state index is 0.129. The number of aliphatic hydroxyl groups is 3. The van der Waals surface area contributed by atoms with Crippen molar-refractivity contribution in [1.82, 2.24) is 0 Å². The lowest BCUT2D eigenvalue weighted by Gasteiger charge is -2.42. The second kappa shape index (κ2) is 10.2. The largest absolute Gasteiger partial charge is 0.387 e. The molecule has 0 radical (unpaired) electrons. The molecule has 2 aliphatic carbocycles. The molecule has 4 aliphatic rings. The highest BCUT2D eigenvalue weighted by molar-refractivity contribution is 5.21. The Balaban J connectivity index is 1.29. The van der Waals surface area contributed by atoms with Gasteiger partial charge in [-0.15, -0.1) is 0 Å². The summed E-state index contributed by atoms with van der Waals surface area (Å²) in [4.78, 5) is 0. The zero-order valence-electron chi connectivity index (χ0n) is 20.0. The highest BCUT2D eigenvalue weighted by Crippen LogP contribution is 2.46. The first kappa shape index (κ1) is 24.4. The Morgan fingerprint density at radius 3 is 2.53 bits per heavy atom. The van der Waals surface area contributed by atoms with Crippen LogP contribution in [0.1, 0.15) is 66.2 Å². The molecule has 0 amide bonds. The van der Waals surface area contributed by atoms with E-state index in [4.69, 9.17) is 14.2 Å². The average molecular weight is 451 g/mol. The van der Waals surface area contributed by atoms with Crippen LogP contribution in [0.4, 0.5) is 0 Å². The Hall–Kier alpha value is -0.760. The first-order valence-electron chi connectivity index (χ1n) is 12.6. The average Bonchev–Trinajstić information content (AvgIpc) is 2.98. The lowest BCUT2D eigenvalue weighted by atomic mass is 9.63. The predicted octanol–water partition coefficient (Wildman–Crippen LogP) is 3.55. The zero-order chi connectivity index (χ0) is 23.0. The number of allylic oxidation sites excluding steroid dienone is 4. The van der Waals surface area contributed by atoms with Gasteiger partial charge in [0, 0.05) is 5.92 Å². The number of hydrogen-bond acceptors (Lipinski definition) is 6. The Labute approximate surface area is 192 Å². The van der Waals surface area contributed by atoms with Crippen LogP contribution in [-0.4, -0.2) is 58.9 Å². The molecule has 4 rings (SSSR count). The molecule has 11 atom stereocenters. The van der Waals surface area contributed by atoms with Crippen molar-refractivity contribution in [1.29, 1.82) is 0 Å². The Bertz CT molecular complexity index is 702. The fraction of sp³-hybridized carbons (Fsp3) is 0.846. The van der Waals surface area contributed by atoms with Gasteiger partial charge in [0.25, 0.3) is 0 Å². The normalized spacial score (nSPS) is 44.0. The summed E-state index contributed by atoms with van der Waals surface area (Å²) >= 11 is 0. The van der Waals surface area contributed by atoms with Gasteiger partial charge in [0.1, 0.15) is 24.4 Å². The van der Waals surface area contributed by atoms with E-state index in [2.05, 4.69) is 39.8 Å². The van der Waals surface area contributed by atoms with Crippen molar-refractivity contribution in [3.05, 3.63) is 23.3 Å². The molecule has 6 heteroatoms. The molecule has 6 nitrogen and oxygen atoms in total. The molecule has 2 bridgehead atoms. The molecule has 2 saturated heterocycles. The maximum Gasteiger partial charge on any atom is 0.189 e. The van der Waals surface area contributed by atoms with Crippen LogP contribution >= 0.6 is 0 Å². The Kier molecular flexibility index (Phi) is 7.80. The van der Waals surface area contributed by atoms with Crippen molar-refractivity contribution >= 4 is 0 Å². The SMILES string of the molecule is CC1=C[C@H]2[C@H]([C@H](C)CCC[C@@H](C)[C@H]3OC[C@H]4O[C@@H](O3)[C@H](O)[C@@H](O)[C@H]4O)CC=C(C)[C@H]2CC1. The fourth-order valence-corrected chi connectivity index (χ4v) is 6.24. The Morgan fingerprint density at radius 2 is 1.75 bits per heavy atom. The molecule has 0 spiro atoms. The lowest BCUT2D eigenvalue weighted by Crippen LogP contribution is -2.58. The third-order valence-electron chi connectivity index (χ3n) is 8.46. The summed E-state index contributed by atoms with van der Waals surface area (Å²) in [6.07, 6.45) is 6.09. The second-order valence-electron chi connectivity index (χ2n) is 10.8. The van der Waals surface area contributed by atoms with Gasteiger partial charge >= 0.3 is 0 Å². The van der Waals surface area contributed by atoms with E-state index in [0.717, 1.165) is 18.8 Å². The van der Waals surface area contributed by atoms with Crippen LogP contribution in [0, 0.1) is 29.6 Å². The molecule has 0 aromatic rings. The van der Waals surface area contributed by atoms with Crippen LogP contribution in [-0.2, 0) is 14.2 Å². The van der Waals surface area contributed by atoms with Gasteiger partial charge in [0.2, 0.25) is 0 Å². The summed E-state index contributed by atoms with van der Waals surface area (Å²) in [6, 6.07) is 0. The van der Waals surface area contributed by atoms with Gasteiger partial charge in [-0.05, 0) is 63.2 Å². The van der Waals surface area contributed by atoms with E-state index in [0.29, 0.717) is 17.8 Å². The van der Waals surface area contributed by atoms with E-state index in [1.165, 1.54) is 25.7 Å². The summed E-state index contributed by atoms with van der Waals surface area (Å²) < 4.78 is 17.3. The molecule has 0 saturated carbocycles. The smallest absolute Gasteiger partial charge is 0.189 e. The quantitative estimate of drug-likeness (QED) is 0.537. The van der Waals surface area contributed by atoms with Gasteiger partial charge in [-0.2, -0.15) is 0 Å². The van der Waals surface area contributed by atoms with Gasteiger partial charge in [0.05, 0.1) is 6.61 Å². The summed E-state index contributed by atoms with van der Waals surface area (Å²) in [5, 5.41) is 30.3. The number of aliphatic hydroxyl groups excluding tert-OH is 3. The molecule has 2 aliphatic heterocycles. The van der Waals surface area contributed by atoms with Gasteiger partial charge in [-0.3, -0.25) is 0 Å². The van der Waals surface area contributed by atoms with Crippen molar-refractivity contribution in [2.75, 3.05) is 6.61 Å². The molecule has 0 unspecified atom stereocenters. The minimum atomic E-state index is -1.29. The standard InChI is InChI=1S/C26H42O6/c1-14-8-10-18-16(3)9-11-19(20(18)12-14)15(2)6-5-7-17(4)25-30-13-21-22(27)23(28)24(29)26(31-21)32-25/h9,12,15,17-29H,5-8,10-11,13H2,1-4H3/t15-,17-,18-,19+,20-,21-,22+,23+,24-,25+,26+/m1/s1. The maximum atomic E-state index is 10.2. The number of rotatable bonds is 6. The lowest BCUT2D eigenvalue weighted by molar-refractivity contribution is -0.304. The van der Waals surface area contributed by atoms with Crippen molar-refractivity contribution < 1.29 is 29.5 Å². The van der Waals surface area contributed by atoms with E-state index in [1.807, 2.05) is 0 Å². The van der Waals surface area contributed by atoms with Crippen LogP contribution in [0.3, 0.4) is 0 Å². The van der Waals surface area contributed by atoms with Crippen LogP contribution in [0.25, 0.3) is 0 Å². The number of hydrogen-bond donors (Lipinski definition) is 3. The highest BCUT2D eigenvalue weighted by atomic mass is 16.8. The number of fused-ring (bicyclic) bond motifs is 3. The van der Waals surface area contributed by atoms with Crippen molar-refractivity contribution in [3.63, 3.8) is 0 Å². The van der Waals surface area contributed by atoms with Crippen molar-refractivity contribution in [2.24, 2.45) is 29.6 Å². The molecule has 182 valence electrons. The van der Waals surface area contributed by atoms with Gasteiger partial charge in [-0.25, -0.2) is 0 Å². The van der Waals surface area contributed by atoms with E-state index < -0.39 is 37.0 Å². The molecule has 32 heavy (non-hydrogen) atoms. The first-order valence-corrected chi connectivity index (χ1v) is 12.6. The van der Waals surface area contributed by atoms with Crippen LogP contribution in [0.2, 0.25) is 0 Å². The van der Waals surface area contributed by atoms with E-state index in [9.17, 15) is 15.3 Å². The van der Waals surface area contributed by atoms with Gasteiger partial charge in [0.15, 0.2) is 12.6 Å². The number of ether oxygens (including phenoxy) is 3. The van der Waals surface area contributed by atoms with E-state index in [1.54, 1.807) is 11.1 Å². The molecule has 2 fully saturated rings. The summed E-state index contributed by atoms with van der Waals surface area (Å²) in [7, 11) is 0. The first-order chi connectivity index (χ1) is 15.3. The summed E-state index contributed by atoms with van der Waals surface area (Å²) in [5.41, 5.74) is 3.14. The van der Waals surface area contributed by atoms with E-state index >= 15 is 0 Å². The van der Waals surface area contributed by atoms with E-state index in [-0.39, 0.29) is 12.5 Å². The summed E-state index contributed by atoms with van der Waals surface area (Å²) in [6.45, 7) is 9.26. The van der Waals surface area contributed by atoms with Crippen molar-refractivity contribution in [2.45, 2.75) is 103 Å². The van der Waals surface area contributed by atoms with Crippen molar-refractivity contribution in [3.8, 4) is 0 Å².